The molecule has 2 aromatic heterocycles. The minimum Gasteiger partial charge on any atom is -0.268 e. The van der Waals surface area contributed by atoms with Gasteiger partial charge in [0, 0.05) is 17.5 Å². The quantitative estimate of drug-likeness (QED) is 0.594. The second kappa shape index (κ2) is 7.07. The van der Waals surface area contributed by atoms with E-state index in [9.17, 15) is 4.79 Å². The number of thioether (sulfide) groups is 1. The normalized spacial score (nSPS) is 15.1. The second-order valence-corrected chi connectivity index (χ2v) is 9.85. The van der Waals surface area contributed by atoms with Crippen LogP contribution in [-0.4, -0.2) is 24.9 Å². The maximum Gasteiger partial charge on any atom is 0.265 e. The number of nitrogens with zero attached hydrogens (tertiary/aromatic N) is 4. The molecule has 6 heteroatoms. The number of benzene rings is 1. The average Bonchev–Trinajstić information content (AvgIpc) is 2.97. The number of fused-ring (bicyclic) bond motifs is 4. The zero-order valence-corrected chi connectivity index (χ0v) is 18.1. The van der Waals surface area contributed by atoms with Gasteiger partial charge in [-0.1, -0.05) is 70.6 Å². The Morgan fingerprint density at radius 3 is 2.71 bits per heavy atom. The summed E-state index contributed by atoms with van der Waals surface area (Å²) >= 11 is 1.60. The van der Waals surface area contributed by atoms with Crippen LogP contribution < -0.4 is 5.56 Å². The molecule has 1 aliphatic carbocycles. The van der Waals surface area contributed by atoms with Crippen LogP contribution in [-0.2, 0) is 18.4 Å². The highest BCUT2D eigenvalue weighted by Gasteiger charge is 2.36. The van der Waals surface area contributed by atoms with Gasteiger partial charge in [-0.05, 0) is 30.1 Å². The van der Waals surface area contributed by atoms with Crippen LogP contribution >= 0.6 is 11.8 Å². The van der Waals surface area contributed by atoms with Crippen molar-refractivity contribution < 1.29 is 0 Å². The maximum atomic E-state index is 13.7. The summed E-state index contributed by atoms with van der Waals surface area (Å²) in [5.41, 5.74) is 3.75. The maximum absolute atomic E-state index is 13.7. The molecule has 1 aliphatic rings. The summed E-state index contributed by atoms with van der Waals surface area (Å²) in [5.74, 6) is 2.09. The molecule has 4 rings (SSSR count). The minimum absolute atomic E-state index is 0.0336. The second-order valence-electron chi connectivity index (χ2n) is 8.62. The first-order chi connectivity index (χ1) is 13.3. The lowest BCUT2D eigenvalue weighted by Crippen LogP contribution is -2.36. The van der Waals surface area contributed by atoms with Gasteiger partial charge >= 0.3 is 0 Å². The van der Waals surface area contributed by atoms with Crippen molar-refractivity contribution in [3.05, 3.63) is 45.7 Å². The molecule has 0 amide bonds. The number of aromatic nitrogens is 4. The van der Waals surface area contributed by atoms with Crippen LogP contribution in [0.2, 0.25) is 0 Å². The average molecular weight is 397 g/mol. The van der Waals surface area contributed by atoms with E-state index in [1.807, 2.05) is 10.7 Å². The van der Waals surface area contributed by atoms with Crippen molar-refractivity contribution in [2.45, 2.75) is 64.6 Å². The molecule has 0 atom stereocenters. The fraction of sp³-hybridized carbons (Fsp3) is 0.500. The third-order valence-electron chi connectivity index (χ3n) is 5.47. The van der Waals surface area contributed by atoms with Gasteiger partial charge in [0.2, 0.25) is 5.78 Å². The van der Waals surface area contributed by atoms with Gasteiger partial charge in [0.15, 0.2) is 5.16 Å². The van der Waals surface area contributed by atoms with E-state index in [0.29, 0.717) is 11.7 Å². The molecule has 0 fully saturated rings. The van der Waals surface area contributed by atoms with E-state index >= 15 is 0 Å². The van der Waals surface area contributed by atoms with E-state index < -0.39 is 0 Å². The van der Waals surface area contributed by atoms with E-state index in [-0.39, 0.29) is 11.0 Å². The molecule has 0 unspecified atom stereocenters. The summed E-state index contributed by atoms with van der Waals surface area (Å²) in [6.45, 7) is 11.5. The molecule has 0 aliphatic heterocycles. The highest BCUT2D eigenvalue weighted by Crippen LogP contribution is 2.40. The number of hydrogen-bond donors (Lipinski definition) is 0. The molecule has 5 nitrogen and oxygen atoms in total. The SMILES string of the molecule is CCSc1nn(CCC(C)C)c2nc3c(c(=O)n12)C(C)(C)Cc1ccccc1-3. The third kappa shape index (κ3) is 3.08. The van der Waals surface area contributed by atoms with Gasteiger partial charge in [0.05, 0.1) is 11.3 Å². The van der Waals surface area contributed by atoms with Crippen LogP contribution in [0.15, 0.2) is 34.2 Å². The molecule has 0 saturated heterocycles. The smallest absolute Gasteiger partial charge is 0.265 e. The monoisotopic (exact) mass is 396 g/mol. The first-order valence-corrected chi connectivity index (χ1v) is 11.1. The van der Waals surface area contributed by atoms with Crippen LogP contribution in [0.25, 0.3) is 17.0 Å². The highest BCUT2D eigenvalue weighted by atomic mass is 32.2. The number of hydrogen-bond acceptors (Lipinski definition) is 4. The lowest BCUT2D eigenvalue weighted by Gasteiger charge is -2.32. The molecule has 148 valence electrons. The Morgan fingerprint density at radius 1 is 1.25 bits per heavy atom. The number of rotatable bonds is 5. The fourth-order valence-electron chi connectivity index (χ4n) is 4.08. The van der Waals surface area contributed by atoms with Crippen molar-refractivity contribution in [3.63, 3.8) is 0 Å². The molecule has 0 bridgehead atoms. The van der Waals surface area contributed by atoms with Crippen molar-refractivity contribution in [2.75, 3.05) is 5.75 Å². The Labute approximate surface area is 170 Å². The number of aryl methyl sites for hydroxylation is 1. The lowest BCUT2D eigenvalue weighted by molar-refractivity contribution is 0.488. The molecule has 0 radical (unpaired) electrons. The van der Waals surface area contributed by atoms with E-state index in [1.165, 1.54) is 5.56 Å². The molecule has 2 heterocycles. The third-order valence-corrected chi connectivity index (χ3v) is 6.28. The fourth-order valence-corrected chi connectivity index (χ4v) is 4.78. The molecular formula is C22H28N4OS. The molecule has 0 spiro atoms. The predicted octanol–water partition coefficient (Wildman–Crippen LogP) is 4.55. The van der Waals surface area contributed by atoms with Crippen LogP contribution in [0.5, 0.6) is 0 Å². The Kier molecular flexibility index (Phi) is 4.86. The molecule has 3 aromatic rings. The van der Waals surface area contributed by atoms with E-state index in [2.05, 4.69) is 52.8 Å². The van der Waals surface area contributed by atoms with Crippen molar-refractivity contribution >= 4 is 17.5 Å². The summed E-state index contributed by atoms with van der Waals surface area (Å²) in [5, 5.41) is 5.51. The minimum atomic E-state index is -0.261. The Morgan fingerprint density at radius 2 is 2.00 bits per heavy atom. The van der Waals surface area contributed by atoms with Crippen molar-refractivity contribution in [1.29, 1.82) is 0 Å². The predicted molar refractivity (Wildman–Crippen MR) is 115 cm³/mol. The molecule has 0 N–H and O–H groups in total. The molecule has 28 heavy (non-hydrogen) atoms. The van der Waals surface area contributed by atoms with Gasteiger partial charge in [0.1, 0.15) is 0 Å². The first-order valence-electron chi connectivity index (χ1n) is 10.1. The van der Waals surface area contributed by atoms with Crippen LogP contribution in [0, 0.1) is 5.92 Å². The zero-order chi connectivity index (χ0) is 20.1. The zero-order valence-electron chi connectivity index (χ0n) is 17.3. The van der Waals surface area contributed by atoms with Gasteiger partial charge < -0.3 is 0 Å². The molecular weight excluding hydrogens is 368 g/mol. The molecule has 1 aromatic carbocycles. The topological polar surface area (TPSA) is 52.2 Å². The van der Waals surface area contributed by atoms with Crippen LogP contribution in [0.3, 0.4) is 0 Å². The standard InChI is InChI=1S/C22H28N4OS/c1-6-28-21-24-25(12-11-14(2)3)20-23-18-16-10-8-7-9-15(16)13-22(4,5)17(18)19(27)26(20)21/h7-10,14H,6,11-13H2,1-5H3. The van der Waals surface area contributed by atoms with Gasteiger partial charge in [0.25, 0.3) is 5.56 Å². The Bertz CT molecular complexity index is 1090. The Hall–Kier alpha value is -2.08. The summed E-state index contributed by atoms with van der Waals surface area (Å²) < 4.78 is 3.66. The summed E-state index contributed by atoms with van der Waals surface area (Å²) in [7, 11) is 0. The first kappa shape index (κ1) is 19.2. The van der Waals surface area contributed by atoms with E-state index in [0.717, 1.165) is 47.1 Å². The van der Waals surface area contributed by atoms with Crippen molar-refractivity contribution in [1.82, 2.24) is 19.2 Å². The van der Waals surface area contributed by atoms with Crippen LogP contribution in [0.1, 0.15) is 52.2 Å². The molecule has 0 saturated carbocycles. The highest BCUT2D eigenvalue weighted by molar-refractivity contribution is 7.99. The van der Waals surface area contributed by atoms with E-state index in [4.69, 9.17) is 10.1 Å². The summed E-state index contributed by atoms with van der Waals surface area (Å²) in [4.78, 5) is 18.7. The summed E-state index contributed by atoms with van der Waals surface area (Å²) in [6, 6.07) is 8.33. The van der Waals surface area contributed by atoms with Gasteiger partial charge in [-0.25, -0.2) is 14.1 Å². The van der Waals surface area contributed by atoms with Crippen molar-refractivity contribution in [2.24, 2.45) is 5.92 Å². The lowest BCUT2D eigenvalue weighted by atomic mass is 9.72. The van der Waals surface area contributed by atoms with Crippen molar-refractivity contribution in [3.8, 4) is 11.3 Å². The Balaban J connectivity index is 2.04. The van der Waals surface area contributed by atoms with Crippen LogP contribution in [0.4, 0.5) is 0 Å². The van der Waals surface area contributed by atoms with Gasteiger partial charge in [-0.15, -0.1) is 5.10 Å². The largest absolute Gasteiger partial charge is 0.268 e. The summed E-state index contributed by atoms with van der Waals surface area (Å²) in [6.07, 6.45) is 1.85. The van der Waals surface area contributed by atoms with Gasteiger partial charge in [-0.3, -0.25) is 4.79 Å². The van der Waals surface area contributed by atoms with Gasteiger partial charge in [-0.2, -0.15) is 0 Å². The van der Waals surface area contributed by atoms with E-state index in [1.54, 1.807) is 16.2 Å².